The molecule has 4 rings (SSSR count). The molecule has 0 unspecified atom stereocenters. The summed E-state index contributed by atoms with van der Waals surface area (Å²) < 4.78 is 10.8. The second-order valence-electron chi connectivity index (χ2n) is 8.81. The Bertz CT molecular complexity index is 1100. The summed E-state index contributed by atoms with van der Waals surface area (Å²) in [5.41, 5.74) is 1.16. The van der Waals surface area contributed by atoms with Crippen molar-refractivity contribution in [2.45, 2.75) is 61.0 Å². The fourth-order valence-corrected chi connectivity index (χ4v) is 4.15. The molecule has 0 radical (unpaired) electrons. The van der Waals surface area contributed by atoms with Crippen molar-refractivity contribution in [3.05, 3.63) is 47.5 Å². The lowest BCUT2D eigenvalue weighted by Gasteiger charge is -2.37. The van der Waals surface area contributed by atoms with Crippen molar-refractivity contribution in [2.75, 3.05) is 13.2 Å². The molecule has 2 aromatic rings. The minimum absolute atomic E-state index is 0.536. The van der Waals surface area contributed by atoms with Crippen molar-refractivity contribution >= 4 is 10.8 Å². The first kappa shape index (κ1) is 26.5. The predicted octanol–water partition coefficient (Wildman–Crippen LogP) is -2.77. The molecule has 2 aliphatic rings. The van der Waals surface area contributed by atoms with Crippen molar-refractivity contribution in [1.82, 2.24) is 0 Å². The zero-order valence-corrected chi connectivity index (χ0v) is 19.0. The molecule has 36 heavy (non-hydrogen) atoms. The first-order valence-corrected chi connectivity index (χ1v) is 11.4. The molecule has 2 aliphatic heterocycles. The van der Waals surface area contributed by atoms with Gasteiger partial charge in [-0.1, -0.05) is 35.8 Å². The Hall–Kier alpha value is -2.58. The quantitative estimate of drug-likeness (QED) is 0.201. The number of aliphatic hydroxyl groups excluding tert-OH is 8. The topological polar surface area (TPSA) is 180 Å². The molecule has 0 aliphatic carbocycles. The van der Waals surface area contributed by atoms with Gasteiger partial charge in [0.2, 0.25) is 0 Å². The largest absolute Gasteiger partial charge is 0.394 e. The number of rotatable bonds is 2. The van der Waals surface area contributed by atoms with Gasteiger partial charge in [-0.2, -0.15) is 0 Å². The normalized spacial score (nSPS) is 36.4. The molecule has 10 heteroatoms. The van der Waals surface area contributed by atoms with Crippen LogP contribution in [0.2, 0.25) is 0 Å². The van der Waals surface area contributed by atoms with Gasteiger partial charge in [-0.3, -0.25) is 0 Å². The molecule has 2 saturated heterocycles. The molecular weight excluding hydrogens is 472 g/mol. The maximum atomic E-state index is 10.1. The van der Waals surface area contributed by atoms with Crippen LogP contribution < -0.4 is 0 Å². The van der Waals surface area contributed by atoms with Crippen molar-refractivity contribution in [2.24, 2.45) is 0 Å². The van der Waals surface area contributed by atoms with Gasteiger partial charge >= 0.3 is 0 Å². The fourth-order valence-electron chi connectivity index (χ4n) is 4.15. The Labute approximate surface area is 207 Å². The molecule has 0 amide bonds. The summed E-state index contributed by atoms with van der Waals surface area (Å²) in [5.74, 6) is 11.2. The van der Waals surface area contributed by atoms with Gasteiger partial charge in [0.1, 0.15) is 61.0 Å². The maximum Gasteiger partial charge on any atom is 0.147 e. The lowest BCUT2D eigenvalue weighted by molar-refractivity contribution is -0.214. The molecule has 2 heterocycles. The molecule has 2 aromatic carbocycles. The van der Waals surface area contributed by atoms with Gasteiger partial charge in [0.05, 0.1) is 13.2 Å². The third-order valence-corrected chi connectivity index (χ3v) is 6.34. The monoisotopic (exact) mass is 500 g/mol. The number of fused-ring (bicyclic) bond motifs is 1. The number of hydrogen-bond acceptors (Lipinski definition) is 10. The maximum absolute atomic E-state index is 10.1. The van der Waals surface area contributed by atoms with Crippen LogP contribution in [0, 0.1) is 23.7 Å². The average molecular weight is 501 g/mol. The minimum Gasteiger partial charge on any atom is -0.394 e. The molecular formula is C26H28O10. The van der Waals surface area contributed by atoms with E-state index in [1.807, 2.05) is 12.1 Å². The zero-order valence-electron chi connectivity index (χ0n) is 19.0. The first-order valence-electron chi connectivity index (χ1n) is 11.4. The van der Waals surface area contributed by atoms with Gasteiger partial charge in [-0.15, -0.1) is 0 Å². The Balaban J connectivity index is 1.54. The summed E-state index contributed by atoms with van der Waals surface area (Å²) in [4.78, 5) is 0. The summed E-state index contributed by atoms with van der Waals surface area (Å²) >= 11 is 0. The summed E-state index contributed by atoms with van der Waals surface area (Å²) in [6.07, 6.45) is -13.1. The molecule has 10 nitrogen and oxygen atoms in total. The highest BCUT2D eigenvalue weighted by Crippen LogP contribution is 2.23. The second-order valence-corrected chi connectivity index (χ2v) is 8.81. The van der Waals surface area contributed by atoms with Crippen molar-refractivity contribution in [3.63, 3.8) is 0 Å². The molecule has 10 atom stereocenters. The van der Waals surface area contributed by atoms with E-state index in [0.717, 1.165) is 10.8 Å². The molecule has 0 aromatic heterocycles. The van der Waals surface area contributed by atoms with Gasteiger partial charge < -0.3 is 50.3 Å². The van der Waals surface area contributed by atoms with Crippen LogP contribution in [0.4, 0.5) is 0 Å². The van der Waals surface area contributed by atoms with Crippen LogP contribution in [0.1, 0.15) is 11.1 Å². The SMILES string of the molecule is OC[C@H]1O[C@H](C#Cc2ccc3ccc(C#C[C@H]4O[C@H](CO)[C@@H](O)[C@H](O)[C@@H]4O)cc3c2)[C@H](O)[C@@H](O)[C@@H]1O. The fraction of sp³-hybridized carbons (Fsp3) is 0.462. The van der Waals surface area contributed by atoms with Crippen molar-refractivity contribution in [1.29, 1.82) is 0 Å². The standard InChI is InChI=1S/C26H28O10/c27-11-19-23(31)25(33)21(29)17(35-19)7-3-13-1-5-15-6-2-14(10-16(15)9-13)4-8-18-22(30)26(34)24(32)20(12-28)36-18/h1-2,5-6,9-10,17-34H,11-12H2/t17-,18-,19-,20-,21-,22+,23-,24-,25-,26-/m1/s1. The highest BCUT2D eigenvalue weighted by Gasteiger charge is 2.43. The summed E-state index contributed by atoms with van der Waals surface area (Å²) in [6, 6.07) is 10.8. The number of benzene rings is 2. The molecule has 192 valence electrons. The average Bonchev–Trinajstić information content (AvgIpc) is 2.89. The van der Waals surface area contributed by atoms with Crippen molar-refractivity contribution < 1.29 is 50.3 Å². The lowest BCUT2D eigenvalue weighted by atomic mass is 9.95. The van der Waals surface area contributed by atoms with E-state index in [-0.39, 0.29) is 0 Å². The molecule has 8 N–H and O–H groups in total. The van der Waals surface area contributed by atoms with E-state index in [1.165, 1.54) is 0 Å². The van der Waals surface area contributed by atoms with Crippen LogP contribution in [-0.2, 0) is 9.47 Å². The third kappa shape index (κ3) is 5.39. The van der Waals surface area contributed by atoms with Gasteiger partial charge in [0.25, 0.3) is 0 Å². The predicted molar refractivity (Wildman–Crippen MR) is 125 cm³/mol. The van der Waals surface area contributed by atoms with Crippen LogP contribution in [0.5, 0.6) is 0 Å². The summed E-state index contributed by atoms with van der Waals surface area (Å²) in [5, 5.41) is 80.2. The van der Waals surface area contributed by atoms with E-state index in [9.17, 15) is 40.9 Å². The zero-order chi connectivity index (χ0) is 26.0. The van der Waals surface area contributed by atoms with E-state index in [4.69, 9.17) is 9.47 Å². The van der Waals surface area contributed by atoms with E-state index in [1.54, 1.807) is 24.3 Å². The third-order valence-electron chi connectivity index (χ3n) is 6.34. The number of aliphatic hydroxyl groups is 8. The molecule has 0 saturated carbocycles. The highest BCUT2D eigenvalue weighted by molar-refractivity contribution is 5.85. The molecule has 2 fully saturated rings. The summed E-state index contributed by atoms with van der Waals surface area (Å²) in [7, 11) is 0. The molecule has 0 bridgehead atoms. The smallest absolute Gasteiger partial charge is 0.147 e. The number of hydrogen-bond donors (Lipinski definition) is 8. The van der Waals surface area contributed by atoms with Crippen LogP contribution in [0.25, 0.3) is 10.8 Å². The second kappa shape index (κ2) is 11.2. The van der Waals surface area contributed by atoms with Gasteiger partial charge in [-0.25, -0.2) is 0 Å². The Morgan fingerprint density at radius 3 is 1.36 bits per heavy atom. The van der Waals surface area contributed by atoms with Crippen LogP contribution in [0.15, 0.2) is 36.4 Å². The Morgan fingerprint density at radius 1 is 0.556 bits per heavy atom. The lowest BCUT2D eigenvalue weighted by Crippen LogP contribution is -2.58. The van der Waals surface area contributed by atoms with Crippen LogP contribution in [0.3, 0.4) is 0 Å². The highest BCUT2D eigenvalue weighted by atomic mass is 16.5. The van der Waals surface area contributed by atoms with E-state index in [2.05, 4.69) is 23.7 Å². The molecule has 0 spiro atoms. The van der Waals surface area contributed by atoms with Crippen LogP contribution in [-0.4, -0.2) is 115 Å². The van der Waals surface area contributed by atoms with E-state index >= 15 is 0 Å². The van der Waals surface area contributed by atoms with E-state index in [0.29, 0.717) is 11.1 Å². The van der Waals surface area contributed by atoms with Crippen LogP contribution >= 0.6 is 0 Å². The number of ether oxygens (including phenoxy) is 2. The van der Waals surface area contributed by atoms with Crippen molar-refractivity contribution in [3.8, 4) is 23.7 Å². The Kier molecular flexibility index (Phi) is 8.25. The van der Waals surface area contributed by atoms with Gasteiger partial charge in [-0.05, 0) is 35.0 Å². The Morgan fingerprint density at radius 2 is 0.972 bits per heavy atom. The summed E-state index contributed by atoms with van der Waals surface area (Å²) in [6.45, 7) is -1.07. The van der Waals surface area contributed by atoms with Gasteiger partial charge in [0.15, 0.2) is 0 Å². The minimum atomic E-state index is -1.50. The first-order chi connectivity index (χ1) is 17.2. The van der Waals surface area contributed by atoms with E-state index < -0.39 is 74.3 Å². The van der Waals surface area contributed by atoms with Gasteiger partial charge in [0, 0.05) is 11.1 Å².